The number of methoxy groups -OCH3 is 1. The van der Waals surface area contributed by atoms with Gasteiger partial charge in [-0.15, -0.1) is 0 Å². The molecule has 0 radical (unpaired) electrons. The molecule has 2 rings (SSSR count). The van der Waals surface area contributed by atoms with E-state index in [1.807, 2.05) is 0 Å². The molecule has 6 heteroatoms. The van der Waals surface area contributed by atoms with Crippen LogP contribution in [0.3, 0.4) is 0 Å². The van der Waals surface area contributed by atoms with Gasteiger partial charge in [0.1, 0.15) is 14.0 Å². The molecule has 1 aliphatic heterocycles. The summed E-state index contributed by atoms with van der Waals surface area (Å²) in [6, 6.07) is 7.89. The van der Waals surface area contributed by atoms with Crippen LogP contribution in [0, 0.1) is 0 Å². The Kier molecular flexibility index (Phi) is 4.55. The first-order chi connectivity index (χ1) is 9.13. The summed E-state index contributed by atoms with van der Waals surface area (Å²) in [5, 5.41) is 0. The number of halogens is 1. The van der Waals surface area contributed by atoms with Gasteiger partial charge in [0.25, 0.3) is 0 Å². The molecule has 102 valence electrons. The van der Waals surface area contributed by atoms with E-state index in [1.54, 1.807) is 38.2 Å². The highest BCUT2D eigenvalue weighted by Crippen LogP contribution is 2.26. The number of alkyl halides is 1. The minimum atomic E-state index is -1.34. The van der Waals surface area contributed by atoms with Gasteiger partial charge in [-0.3, -0.25) is 0 Å². The van der Waals surface area contributed by atoms with Crippen LogP contribution in [0.5, 0.6) is 0 Å². The summed E-state index contributed by atoms with van der Waals surface area (Å²) in [4.78, 5) is 11.9. The van der Waals surface area contributed by atoms with Crippen molar-refractivity contribution in [3.05, 3.63) is 35.9 Å². The number of rotatable bonds is 4. The Morgan fingerprint density at radius 2 is 2.11 bits per heavy atom. The summed E-state index contributed by atoms with van der Waals surface area (Å²) in [7, 11) is 3.11. The maximum Gasteiger partial charge on any atom is 0.338 e. The molecule has 0 spiro atoms. The van der Waals surface area contributed by atoms with E-state index < -0.39 is 30.4 Å². The summed E-state index contributed by atoms with van der Waals surface area (Å²) in [6.45, 7) is 0.192. The molecule has 0 N–H and O–H groups in total. The van der Waals surface area contributed by atoms with Crippen LogP contribution in [0.1, 0.15) is 10.4 Å². The standard InChI is InChI=1S/C13H16BFO4/c1-17-7-9-11(10(15)12(14)18-9)19-13(16)8-5-3-2-4-6-8/h2-6,9-12H,7,14H2,1H3/t9-,10+,11?,12-/m1/s1. The van der Waals surface area contributed by atoms with E-state index in [2.05, 4.69) is 0 Å². The minimum Gasteiger partial charge on any atom is -0.453 e. The van der Waals surface area contributed by atoms with Gasteiger partial charge in [-0.05, 0) is 12.1 Å². The summed E-state index contributed by atoms with van der Waals surface area (Å²) < 4.78 is 29.5. The van der Waals surface area contributed by atoms with Crippen molar-refractivity contribution < 1.29 is 23.4 Å². The molecule has 19 heavy (non-hydrogen) atoms. The molecule has 1 heterocycles. The fraction of sp³-hybridized carbons (Fsp3) is 0.462. The third-order valence-electron chi connectivity index (χ3n) is 3.10. The molecular formula is C13H16BFO4. The van der Waals surface area contributed by atoms with E-state index in [0.29, 0.717) is 5.56 Å². The van der Waals surface area contributed by atoms with Crippen LogP contribution < -0.4 is 0 Å². The SMILES string of the molecule is B[C@@H]1O[C@H](COC)C(OC(=O)c2ccccc2)[C@@H]1F. The smallest absolute Gasteiger partial charge is 0.338 e. The van der Waals surface area contributed by atoms with E-state index in [9.17, 15) is 9.18 Å². The summed E-state index contributed by atoms with van der Waals surface area (Å²) in [5.41, 5.74) is 0.394. The Labute approximate surface area is 112 Å². The van der Waals surface area contributed by atoms with Crippen LogP contribution in [0.15, 0.2) is 30.3 Å². The van der Waals surface area contributed by atoms with Gasteiger partial charge in [0.2, 0.25) is 0 Å². The van der Waals surface area contributed by atoms with Gasteiger partial charge in [0, 0.05) is 7.11 Å². The van der Waals surface area contributed by atoms with E-state index >= 15 is 0 Å². The van der Waals surface area contributed by atoms with Gasteiger partial charge in [0.15, 0.2) is 12.3 Å². The van der Waals surface area contributed by atoms with E-state index in [0.717, 1.165) is 0 Å². The first-order valence-electron chi connectivity index (χ1n) is 6.18. The first-order valence-corrected chi connectivity index (χ1v) is 6.18. The molecule has 0 amide bonds. The number of carbonyl (C=O) groups is 1. The van der Waals surface area contributed by atoms with Crippen LogP contribution in [-0.2, 0) is 14.2 Å². The largest absolute Gasteiger partial charge is 0.453 e. The molecule has 0 aliphatic carbocycles. The summed E-state index contributed by atoms with van der Waals surface area (Å²) >= 11 is 0. The first kappa shape index (κ1) is 14.0. The predicted octanol–water partition coefficient (Wildman–Crippen LogP) is 0.554. The number of hydrogen-bond acceptors (Lipinski definition) is 4. The fourth-order valence-electron chi connectivity index (χ4n) is 2.11. The number of hydrogen-bond donors (Lipinski definition) is 0. The van der Waals surface area contributed by atoms with Crippen molar-refractivity contribution in [2.75, 3.05) is 13.7 Å². The lowest BCUT2D eigenvalue weighted by Crippen LogP contribution is -2.36. The van der Waals surface area contributed by atoms with Crippen molar-refractivity contribution in [1.82, 2.24) is 0 Å². The van der Waals surface area contributed by atoms with E-state index in [4.69, 9.17) is 14.2 Å². The number of esters is 1. The number of benzene rings is 1. The average molecular weight is 266 g/mol. The number of ether oxygens (including phenoxy) is 3. The Morgan fingerprint density at radius 1 is 1.42 bits per heavy atom. The second-order valence-electron chi connectivity index (χ2n) is 4.52. The molecule has 1 fully saturated rings. The zero-order valence-electron chi connectivity index (χ0n) is 10.9. The molecule has 0 saturated carbocycles. The second kappa shape index (κ2) is 6.17. The van der Waals surface area contributed by atoms with Gasteiger partial charge < -0.3 is 14.2 Å². The molecule has 1 aliphatic rings. The monoisotopic (exact) mass is 266 g/mol. The molecule has 0 aromatic heterocycles. The zero-order valence-corrected chi connectivity index (χ0v) is 10.9. The van der Waals surface area contributed by atoms with Crippen LogP contribution in [0.2, 0.25) is 0 Å². The van der Waals surface area contributed by atoms with Crippen LogP contribution in [0.4, 0.5) is 4.39 Å². The van der Waals surface area contributed by atoms with Gasteiger partial charge in [0.05, 0.1) is 18.2 Å². The molecule has 4 nitrogen and oxygen atoms in total. The highest BCUT2D eigenvalue weighted by Gasteiger charge is 2.45. The summed E-state index contributed by atoms with van der Waals surface area (Å²) in [6.07, 6.45) is -2.84. The lowest BCUT2D eigenvalue weighted by Gasteiger charge is -2.19. The molecule has 1 aromatic rings. The van der Waals surface area contributed by atoms with Crippen molar-refractivity contribution in [2.24, 2.45) is 0 Å². The van der Waals surface area contributed by atoms with Crippen molar-refractivity contribution in [1.29, 1.82) is 0 Å². The topological polar surface area (TPSA) is 44.8 Å². The predicted molar refractivity (Wildman–Crippen MR) is 69.6 cm³/mol. The Balaban J connectivity index is 2.06. The van der Waals surface area contributed by atoms with Gasteiger partial charge >= 0.3 is 5.97 Å². The van der Waals surface area contributed by atoms with Crippen LogP contribution in [-0.4, -0.2) is 51.9 Å². The molecular weight excluding hydrogens is 250 g/mol. The third kappa shape index (κ3) is 3.14. The van der Waals surface area contributed by atoms with Crippen LogP contribution in [0.25, 0.3) is 0 Å². The molecule has 1 saturated heterocycles. The minimum absolute atomic E-state index is 0.192. The van der Waals surface area contributed by atoms with E-state index in [-0.39, 0.29) is 6.61 Å². The highest BCUT2D eigenvalue weighted by atomic mass is 19.1. The maximum absolute atomic E-state index is 14.0. The lowest BCUT2D eigenvalue weighted by atomic mass is 9.94. The Hall–Kier alpha value is -1.40. The van der Waals surface area contributed by atoms with E-state index in [1.165, 1.54) is 7.11 Å². The van der Waals surface area contributed by atoms with Crippen molar-refractivity contribution >= 4 is 13.8 Å². The molecule has 1 unspecified atom stereocenters. The second-order valence-corrected chi connectivity index (χ2v) is 4.52. The molecule has 4 atom stereocenters. The third-order valence-corrected chi connectivity index (χ3v) is 3.10. The van der Waals surface area contributed by atoms with Crippen LogP contribution >= 0.6 is 0 Å². The highest BCUT2D eigenvalue weighted by molar-refractivity contribution is 6.11. The quantitative estimate of drug-likeness (QED) is 0.590. The van der Waals surface area contributed by atoms with Gasteiger partial charge in [-0.1, -0.05) is 18.2 Å². The maximum atomic E-state index is 14.0. The Bertz CT molecular complexity index is 428. The number of carbonyl (C=O) groups excluding carboxylic acids is 1. The lowest BCUT2D eigenvalue weighted by molar-refractivity contribution is -0.0353. The molecule has 0 bridgehead atoms. The van der Waals surface area contributed by atoms with Crippen molar-refractivity contribution in [3.8, 4) is 0 Å². The zero-order chi connectivity index (χ0) is 13.8. The fourth-order valence-corrected chi connectivity index (χ4v) is 2.11. The Morgan fingerprint density at radius 3 is 2.74 bits per heavy atom. The van der Waals surface area contributed by atoms with Gasteiger partial charge in [-0.2, -0.15) is 0 Å². The van der Waals surface area contributed by atoms with Crippen molar-refractivity contribution in [3.63, 3.8) is 0 Å². The average Bonchev–Trinajstić information content (AvgIpc) is 2.68. The normalized spacial score (nSPS) is 30.2. The van der Waals surface area contributed by atoms with Gasteiger partial charge in [-0.25, -0.2) is 9.18 Å². The summed E-state index contributed by atoms with van der Waals surface area (Å²) in [5.74, 6) is -0.549. The van der Waals surface area contributed by atoms with Crippen molar-refractivity contribution in [2.45, 2.75) is 24.4 Å². The molecule has 1 aromatic carbocycles.